The molecule has 1 aliphatic rings. The molecule has 0 radical (unpaired) electrons. The number of nitrogens with two attached hydrogens (primary N) is 1. The summed E-state index contributed by atoms with van der Waals surface area (Å²) in [5.74, 6) is -1.39. The first-order valence-corrected chi connectivity index (χ1v) is 7.31. The van der Waals surface area contributed by atoms with Crippen LogP contribution in [0.15, 0.2) is 18.2 Å². The van der Waals surface area contributed by atoms with Gasteiger partial charge in [-0.15, -0.1) is 17.1 Å². The number of ether oxygens (including phenoxy) is 1. The van der Waals surface area contributed by atoms with Gasteiger partial charge in [0.15, 0.2) is 0 Å². The molecular formula is C11H10F4N2O4S. The molecule has 122 valence electrons. The van der Waals surface area contributed by atoms with Crippen molar-refractivity contribution in [3.8, 4) is 5.75 Å². The van der Waals surface area contributed by atoms with E-state index in [0.717, 1.165) is 23.1 Å². The first-order chi connectivity index (χ1) is 9.97. The van der Waals surface area contributed by atoms with Crippen LogP contribution in [-0.2, 0) is 15.0 Å². The van der Waals surface area contributed by atoms with Crippen molar-refractivity contribution in [1.29, 1.82) is 0 Å². The van der Waals surface area contributed by atoms with Crippen LogP contribution in [0.4, 0.5) is 28.4 Å². The summed E-state index contributed by atoms with van der Waals surface area (Å²) in [6.07, 6.45) is -5.55. The lowest BCUT2D eigenvalue weighted by Gasteiger charge is -2.19. The topological polar surface area (TPSA) is 89.7 Å². The smallest absolute Gasteiger partial charge is 0.406 e. The van der Waals surface area contributed by atoms with Crippen molar-refractivity contribution in [2.45, 2.75) is 18.0 Å². The highest BCUT2D eigenvalue weighted by Gasteiger charge is 2.40. The van der Waals surface area contributed by atoms with Gasteiger partial charge in [0.2, 0.25) is 5.91 Å². The molecule has 0 spiro atoms. The molecule has 0 aromatic heterocycles. The lowest BCUT2D eigenvalue weighted by Crippen LogP contribution is -2.28. The zero-order chi connectivity index (χ0) is 16.7. The van der Waals surface area contributed by atoms with Gasteiger partial charge in [-0.1, -0.05) is 0 Å². The van der Waals surface area contributed by atoms with E-state index in [9.17, 15) is 30.3 Å². The summed E-state index contributed by atoms with van der Waals surface area (Å²) in [6.45, 7) is -0.530. The molecule has 1 atom stereocenters. The van der Waals surface area contributed by atoms with Crippen LogP contribution in [-0.4, -0.2) is 32.5 Å². The number of benzene rings is 1. The average Bonchev–Trinajstić information content (AvgIpc) is 2.72. The van der Waals surface area contributed by atoms with E-state index in [0.29, 0.717) is 0 Å². The van der Waals surface area contributed by atoms with Crippen molar-refractivity contribution in [3.63, 3.8) is 0 Å². The number of anilines is 2. The maximum atomic E-state index is 12.9. The summed E-state index contributed by atoms with van der Waals surface area (Å²) in [4.78, 5) is 12.6. The first-order valence-electron chi connectivity index (χ1n) is 5.86. The van der Waals surface area contributed by atoms with Crippen LogP contribution in [0.25, 0.3) is 0 Å². The van der Waals surface area contributed by atoms with E-state index >= 15 is 0 Å². The van der Waals surface area contributed by atoms with Gasteiger partial charge in [-0.25, -0.2) is 0 Å². The number of nitrogen functional groups attached to an aromatic ring is 1. The molecule has 0 bridgehead atoms. The SMILES string of the molecule is Nc1ccc(OC(F)(F)F)cc1N1CC(S(=O)(=O)F)CC1=O. The Morgan fingerprint density at radius 2 is 1.95 bits per heavy atom. The Morgan fingerprint density at radius 3 is 2.45 bits per heavy atom. The Kier molecular flexibility index (Phi) is 3.94. The summed E-state index contributed by atoms with van der Waals surface area (Å²) >= 11 is 0. The Morgan fingerprint density at radius 1 is 1.32 bits per heavy atom. The molecule has 1 aromatic carbocycles. The monoisotopic (exact) mass is 342 g/mol. The molecule has 6 nitrogen and oxygen atoms in total. The van der Waals surface area contributed by atoms with Crippen LogP contribution in [0.2, 0.25) is 0 Å². The van der Waals surface area contributed by atoms with Gasteiger partial charge in [0.25, 0.3) is 0 Å². The zero-order valence-corrected chi connectivity index (χ0v) is 11.6. The van der Waals surface area contributed by atoms with Gasteiger partial charge < -0.3 is 15.4 Å². The average molecular weight is 342 g/mol. The predicted octanol–water partition coefficient (Wildman–Crippen LogP) is 1.57. The highest BCUT2D eigenvalue weighted by Crippen LogP contribution is 2.34. The Bertz CT molecular complexity index is 705. The van der Waals surface area contributed by atoms with Crippen LogP contribution >= 0.6 is 0 Å². The number of alkyl halides is 3. The Hall–Kier alpha value is -2.04. The second-order valence-electron chi connectivity index (χ2n) is 4.57. The van der Waals surface area contributed by atoms with E-state index in [1.54, 1.807) is 0 Å². The largest absolute Gasteiger partial charge is 0.573 e. The minimum Gasteiger partial charge on any atom is -0.406 e. The number of amides is 1. The van der Waals surface area contributed by atoms with E-state index < -0.39 is 46.5 Å². The van der Waals surface area contributed by atoms with E-state index in [1.807, 2.05) is 0 Å². The van der Waals surface area contributed by atoms with Crippen molar-refractivity contribution in [2.75, 3.05) is 17.2 Å². The quantitative estimate of drug-likeness (QED) is 0.512. The summed E-state index contributed by atoms with van der Waals surface area (Å²) in [7, 11) is -4.94. The van der Waals surface area contributed by atoms with Crippen LogP contribution in [0.3, 0.4) is 0 Å². The zero-order valence-electron chi connectivity index (χ0n) is 10.8. The van der Waals surface area contributed by atoms with Crippen LogP contribution in [0.1, 0.15) is 6.42 Å². The molecule has 2 N–H and O–H groups in total. The van der Waals surface area contributed by atoms with Crippen molar-refractivity contribution in [1.82, 2.24) is 0 Å². The lowest BCUT2D eigenvalue weighted by molar-refractivity contribution is -0.274. The highest BCUT2D eigenvalue weighted by molar-refractivity contribution is 7.87. The fraction of sp³-hybridized carbons (Fsp3) is 0.364. The van der Waals surface area contributed by atoms with Gasteiger partial charge in [-0.2, -0.15) is 8.42 Å². The summed E-state index contributed by atoms with van der Waals surface area (Å²) in [6, 6.07) is 2.85. The Labute approximate surface area is 122 Å². The minimum absolute atomic E-state index is 0.0696. The second kappa shape index (κ2) is 5.30. The summed E-state index contributed by atoms with van der Waals surface area (Å²) < 4.78 is 74.9. The van der Waals surface area contributed by atoms with Crippen LogP contribution < -0.4 is 15.4 Å². The lowest BCUT2D eigenvalue weighted by atomic mass is 10.2. The van der Waals surface area contributed by atoms with Gasteiger partial charge in [0.05, 0.1) is 11.4 Å². The number of hydrogen-bond donors (Lipinski definition) is 1. The second-order valence-corrected chi connectivity index (χ2v) is 6.19. The molecular weight excluding hydrogens is 332 g/mol. The van der Waals surface area contributed by atoms with Gasteiger partial charge in [0, 0.05) is 19.0 Å². The number of halogens is 4. The molecule has 1 fully saturated rings. The third-order valence-corrected chi connectivity index (χ3v) is 4.13. The van der Waals surface area contributed by atoms with Crippen molar-refractivity contribution >= 4 is 27.5 Å². The summed E-state index contributed by atoms with van der Waals surface area (Å²) in [5, 5.41) is -1.58. The molecule has 1 saturated heterocycles. The van der Waals surface area contributed by atoms with E-state index in [4.69, 9.17) is 5.73 Å². The van der Waals surface area contributed by atoms with Gasteiger partial charge in [-0.3, -0.25) is 4.79 Å². The third-order valence-electron chi connectivity index (χ3n) is 3.01. The number of nitrogens with zero attached hydrogens (tertiary/aromatic N) is 1. The molecule has 1 unspecified atom stereocenters. The normalized spacial score (nSPS) is 19.5. The first kappa shape index (κ1) is 16.3. The van der Waals surface area contributed by atoms with Crippen molar-refractivity contribution in [3.05, 3.63) is 18.2 Å². The molecule has 0 aliphatic carbocycles. The van der Waals surface area contributed by atoms with Crippen LogP contribution in [0.5, 0.6) is 5.75 Å². The third kappa shape index (κ3) is 3.59. The maximum Gasteiger partial charge on any atom is 0.573 e. The number of rotatable bonds is 3. The fourth-order valence-electron chi connectivity index (χ4n) is 2.05. The number of carbonyl (C=O) groups excluding carboxylic acids is 1. The molecule has 22 heavy (non-hydrogen) atoms. The highest BCUT2D eigenvalue weighted by atomic mass is 32.3. The molecule has 1 aromatic rings. The van der Waals surface area contributed by atoms with E-state index in [1.165, 1.54) is 0 Å². The van der Waals surface area contributed by atoms with Crippen LogP contribution in [0, 0.1) is 0 Å². The Balaban J connectivity index is 2.32. The van der Waals surface area contributed by atoms with Gasteiger partial charge in [-0.05, 0) is 12.1 Å². The molecule has 1 aliphatic heterocycles. The standard InChI is InChI=1S/C11H10F4N2O4S/c12-11(13,14)21-6-1-2-8(16)9(3-6)17-5-7(4-10(17)18)22(15,19)20/h1-3,7H,4-5,16H2. The fourth-order valence-corrected chi connectivity index (χ4v) is 2.72. The van der Waals surface area contributed by atoms with Crippen molar-refractivity contribution < 1.29 is 35.0 Å². The number of hydrogen-bond acceptors (Lipinski definition) is 5. The maximum absolute atomic E-state index is 12.9. The molecule has 11 heteroatoms. The summed E-state index contributed by atoms with van der Waals surface area (Å²) in [5.41, 5.74) is 5.34. The van der Waals surface area contributed by atoms with E-state index in [-0.39, 0.29) is 11.4 Å². The molecule has 1 amide bonds. The molecule has 0 saturated carbocycles. The van der Waals surface area contributed by atoms with E-state index in [2.05, 4.69) is 4.74 Å². The predicted molar refractivity (Wildman–Crippen MR) is 68.3 cm³/mol. The minimum atomic E-state index is -4.94. The van der Waals surface area contributed by atoms with Gasteiger partial charge >= 0.3 is 16.6 Å². The van der Waals surface area contributed by atoms with Crippen molar-refractivity contribution in [2.24, 2.45) is 0 Å². The molecule has 2 rings (SSSR count). The molecule has 1 heterocycles. The number of carbonyl (C=O) groups is 1. The van der Waals surface area contributed by atoms with Gasteiger partial charge in [0.1, 0.15) is 11.0 Å².